The summed E-state index contributed by atoms with van der Waals surface area (Å²) < 4.78 is 4.87. The van der Waals surface area contributed by atoms with Crippen LogP contribution in [0.25, 0.3) is 99.2 Å². The van der Waals surface area contributed by atoms with E-state index in [2.05, 4.69) is 211 Å². The Morgan fingerprint density at radius 1 is 0.508 bits per heavy atom. The maximum Gasteiger partial charge on any atom is 0.235 e. The number of hydrogen-bond donors (Lipinski definition) is 0. The van der Waals surface area contributed by atoms with E-state index in [4.69, 9.17) is 9.97 Å². The first kappa shape index (κ1) is 34.3. The van der Waals surface area contributed by atoms with E-state index in [0.717, 1.165) is 39.6 Å². The lowest BCUT2D eigenvalue weighted by molar-refractivity contribution is 0.544. The minimum Gasteiger partial charge on any atom is -0.333 e. The smallest absolute Gasteiger partial charge is 0.235 e. The summed E-state index contributed by atoms with van der Waals surface area (Å²) in [6.07, 6.45) is 5.82. The number of rotatable bonds is 4. The van der Waals surface area contributed by atoms with Crippen molar-refractivity contribution in [2.45, 2.75) is 31.7 Å². The van der Waals surface area contributed by atoms with Gasteiger partial charge in [0.25, 0.3) is 0 Å². The van der Waals surface area contributed by atoms with Crippen molar-refractivity contribution in [1.29, 1.82) is 0 Å². The topological polar surface area (TPSA) is 35.6 Å². The summed E-state index contributed by atoms with van der Waals surface area (Å²) in [5.41, 5.74) is 15.7. The molecule has 1 atom stereocenters. The number of para-hydroxylation sites is 3. The Morgan fingerprint density at radius 3 is 2.03 bits per heavy atom. The number of aromatic nitrogens is 4. The predicted molar refractivity (Wildman–Crippen MR) is 254 cm³/mol. The van der Waals surface area contributed by atoms with E-state index in [9.17, 15) is 0 Å². The molecule has 0 saturated heterocycles. The monoisotopic (exact) mass is 780 g/mol. The third kappa shape index (κ3) is 4.87. The molecule has 0 saturated carbocycles. The quantitative estimate of drug-likeness (QED) is 0.178. The average Bonchev–Trinajstić information content (AvgIpc) is 3.91. The zero-order chi connectivity index (χ0) is 40.4. The van der Waals surface area contributed by atoms with Gasteiger partial charge in [-0.05, 0) is 87.0 Å². The lowest BCUT2D eigenvalue weighted by Gasteiger charge is -2.30. The molecule has 8 aromatic carbocycles. The molecule has 0 spiro atoms. The predicted octanol–water partition coefficient (Wildman–Crippen LogP) is 14.6. The minimum atomic E-state index is -0.00989. The third-order valence-electron chi connectivity index (χ3n) is 13.7. The molecule has 0 fully saturated rings. The van der Waals surface area contributed by atoms with Crippen LogP contribution in [0.3, 0.4) is 0 Å². The van der Waals surface area contributed by atoms with E-state index in [-0.39, 0.29) is 11.5 Å². The normalized spacial score (nSPS) is 15.8. The fourth-order valence-corrected chi connectivity index (χ4v) is 10.9. The second kappa shape index (κ2) is 12.7. The van der Waals surface area contributed by atoms with E-state index >= 15 is 0 Å². The van der Waals surface area contributed by atoms with Crippen molar-refractivity contribution in [3.63, 3.8) is 0 Å². The highest BCUT2D eigenvalue weighted by atomic mass is 15.2. The highest BCUT2D eigenvalue weighted by molar-refractivity contribution is 6.24. The van der Waals surface area contributed by atoms with Crippen molar-refractivity contribution < 1.29 is 0 Å². The molecule has 1 unspecified atom stereocenters. The van der Waals surface area contributed by atoms with Gasteiger partial charge < -0.3 is 4.57 Å². The molecule has 61 heavy (non-hydrogen) atoms. The molecule has 2 aliphatic carbocycles. The van der Waals surface area contributed by atoms with Gasteiger partial charge in [0.15, 0.2) is 0 Å². The molecule has 0 bridgehead atoms. The number of hydrogen-bond acceptors (Lipinski definition) is 2. The summed E-state index contributed by atoms with van der Waals surface area (Å²) in [5, 5.41) is 8.42. The maximum atomic E-state index is 5.40. The van der Waals surface area contributed by atoms with Crippen molar-refractivity contribution in [2.24, 2.45) is 0 Å². The van der Waals surface area contributed by atoms with Crippen molar-refractivity contribution in [1.82, 2.24) is 19.1 Å². The second-order valence-electron chi connectivity index (χ2n) is 17.3. The standard InChI is InChI=1S/C57H40N4/c1-57(2)47-24-12-8-19-39(47)40-30-29-37(33-48(40)57)60-50-26-14-10-20-41(50)46-32-36(28-31-52(46)60)45-34-53-54(42-21-7-6-18-38(42)45)44-23-11-15-27-51(44)61(53)56-58-49-25-13-9-22-43(49)55(59-56)35-16-4-3-5-17-35/h3-32,34,37H,33H2,1-2H3. The van der Waals surface area contributed by atoms with Gasteiger partial charge in [-0.1, -0.05) is 166 Å². The summed E-state index contributed by atoms with van der Waals surface area (Å²) in [6.45, 7) is 4.80. The SMILES string of the molecule is CC1(C)C2=C(C=CC(n3c4ccccc4c4cc(-c5cc6c(c7ccccc57)c5ccccc5n6-c5nc(-c6ccccc6)c6ccccc6n5)ccc43)C2)c2ccccc21. The summed E-state index contributed by atoms with van der Waals surface area (Å²) in [6, 6.07) is 64.1. The van der Waals surface area contributed by atoms with Crippen LogP contribution in [-0.4, -0.2) is 19.1 Å². The van der Waals surface area contributed by atoms with Crippen molar-refractivity contribution in [3.8, 4) is 28.3 Å². The summed E-state index contributed by atoms with van der Waals surface area (Å²) >= 11 is 0. The number of fused-ring (bicyclic) bond motifs is 11. The van der Waals surface area contributed by atoms with Crippen LogP contribution < -0.4 is 0 Å². The first-order chi connectivity index (χ1) is 30.0. The van der Waals surface area contributed by atoms with Gasteiger partial charge in [-0.3, -0.25) is 4.57 Å². The number of nitrogens with zero attached hydrogens (tertiary/aromatic N) is 4. The summed E-state index contributed by atoms with van der Waals surface area (Å²) in [4.78, 5) is 10.7. The van der Waals surface area contributed by atoms with Crippen LogP contribution in [0.1, 0.15) is 37.4 Å². The van der Waals surface area contributed by atoms with E-state index in [1.807, 2.05) is 0 Å². The van der Waals surface area contributed by atoms with Crippen LogP contribution in [-0.2, 0) is 5.41 Å². The fourth-order valence-electron chi connectivity index (χ4n) is 10.9. The van der Waals surface area contributed by atoms with Crippen LogP contribution in [0.2, 0.25) is 0 Å². The van der Waals surface area contributed by atoms with E-state index < -0.39 is 0 Å². The van der Waals surface area contributed by atoms with Crippen LogP contribution in [0.5, 0.6) is 0 Å². The Labute approximate surface area is 353 Å². The fraction of sp³-hybridized carbons (Fsp3) is 0.0877. The molecule has 0 aliphatic heterocycles. The van der Waals surface area contributed by atoms with E-state index in [1.54, 1.807) is 0 Å². The first-order valence-corrected chi connectivity index (χ1v) is 21.4. The molecule has 3 heterocycles. The largest absolute Gasteiger partial charge is 0.333 e. The lowest BCUT2D eigenvalue weighted by atomic mass is 9.77. The summed E-state index contributed by atoms with van der Waals surface area (Å²) in [7, 11) is 0. The highest BCUT2D eigenvalue weighted by Gasteiger charge is 2.39. The van der Waals surface area contributed by atoms with Crippen LogP contribution in [0.15, 0.2) is 194 Å². The Morgan fingerprint density at radius 2 is 1.18 bits per heavy atom. The molecule has 11 aromatic rings. The molecule has 288 valence electrons. The Bertz CT molecular complexity index is 3710. The van der Waals surface area contributed by atoms with Gasteiger partial charge in [0.05, 0.1) is 28.3 Å². The Kier molecular flexibility index (Phi) is 7.16. The molecule has 3 aromatic heterocycles. The number of benzene rings is 8. The molecule has 0 amide bonds. The van der Waals surface area contributed by atoms with Crippen LogP contribution >= 0.6 is 0 Å². The average molecular weight is 781 g/mol. The molecule has 13 rings (SSSR count). The Hall–Kier alpha value is -7.56. The molecule has 4 nitrogen and oxygen atoms in total. The van der Waals surface area contributed by atoms with Gasteiger partial charge in [0, 0.05) is 48.9 Å². The van der Waals surface area contributed by atoms with E-state index in [0.29, 0.717) is 5.95 Å². The van der Waals surface area contributed by atoms with Gasteiger partial charge >= 0.3 is 0 Å². The zero-order valence-corrected chi connectivity index (χ0v) is 34.0. The lowest BCUT2D eigenvalue weighted by Crippen LogP contribution is -2.21. The number of allylic oxidation sites excluding steroid dienone is 4. The maximum absolute atomic E-state index is 5.40. The van der Waals surface area contributed by atoms with Crippen LogP contribution in [0, 0.1) is 0 Å². The highest BCUT2D eigenvalue weighted by Crippen LogP contribution is 2.52. The van der Waals surface area contributed by atoms with Crippen LogP contribution in [0.4, 0.5) is 0 Å². The van der Waals surface area contributed by atoms with E-state index in [1.165, 1.54) is 76.8 Å². The zero-order valence-electron chi connectivity index (χ0n) is 34.0. The van der Waals surface area contributed by atoms with Crippen molar-refractivity contribution >= 4 is 70.9 Å². The first-order valence-electron chi connectivity index (χ1n) is 21.4. The van der Waals surface area contributed by atoms with Gasteiger partial charge in [0.1, 0.15) is 0 Å². The van der Waals surface area contributed by atoms with Gasteiger partial charge in [-0.25, -0.2) is 9.97 Å². The molecule has 0 N–H and O–H groups in total. The molecular formula is C57H40N4. The van der Waals surface area contributed by atoms with Crippen molar-refractivity contribution in [2.75, 3.05) is 0 Å². The van der Waals surface area contributed by atoms with Gasteiger partial charge in [0.2, 0.25) is 5.95 Å². The van der Waals surface area contributed by atoms with Gasteiger partial charge in [-0.2, -0.15) is 0 Å². The Balaban J connectivity index is 1.03. The third-order valence-corrected chi connectivity index (χ3v) is 13.7. The molecule has 4 heteroatoms. The minimum absolute atomic E-state index is 0.00989. The molecular weight excluding hydrogens is 741 g/mol. The van der Waals surface area contributed by atoms with Crippen molar-refractivity contribution in [3.05, 3.63) is 205 Å². The molecule has 0 radical (unpaired) electrons. The second-order valence-corrected chi connectivity index (χ2v) is 17.3. The van der Waals surface area contributed by atoms with Gasteiger partial charge in [-0.15, -0.1) is 0 Å². The summed E-state index contributed by atoms with van der Waals surface area (Å²) in [5.74, 6) is 0.663. The molecule has 2 aliphatic rings.